The first-order chi connectivity index (χ1) is 11.4. The van der Waals surface area contributed by atoms with Crippen molar-refractivity contribution in [2.45, 2.75) is 18.7 Å². The van der Waals surface area contributed by atoms with Crippen LogP contribution in [-0.2, 0) is 10.0 Å². The largest absolute Gasteiger partial charge is 0.276 e. The number of anilines is 1. The summed E-state index contributed by atoms with van der Waals surface area (Å²) >= 11 is 3.29. The third-order valence-corrected chi connectivity index (χ3v) is 5.28. The molecule has 0 fully saturated rings. The number of rotatable bonds is 4. The summed E-state index contributed by atoms with van der Waals surface area (Å²) in [5, 5.41) is 4.37. The van der Waals surface area contributed by atoms with Crippen molar-refractivity contribution < 1.29 is 8.42 Å². The Bertz CT molecular complexity index is 982. The minimum atomic E-state index is -3.72. The van der Waals surface area contributed by atoms with Gasteiger partial charge in [0, 0.05) is 16.4 Å². The molecule has 3 rings (SSSR count). The first-order valence-electron chi connectivity index (χ1n) is 7.14. The van der Waals surface area contributed by atoms with E-state index >= 15 is 0 Å². The summed E-state index contributed by atoms with van der Waals surface area (Å²) in [6.07, 6.45) is 1.60. The minimum Gasteiger partial charge on any atom is -0.276 e. The molecule has 6 nitrogen and oxygen atoms in total. The third-order valence-electron chi connectivity index (χ3n) is 3.37. The lowest BCUT2D eigenvalue weighted by Gasteiger charge is -2.12. The maximum Gasteiger partial charge on any atom is 0.262 e. The van der Waals surface area contributed by atoms with Gasteiger partial charge in [-0.05, 0) is 56.3 Å². The van der Waals surface area contributed by atoms with Gasteiger partial charge in [0.1, 0.15) is 0 Å². The van der Waals surface area contributed by atoms with E-state index < -0.39 is 10.0 Å². The fourth-order valence-electron chi connectivity index (χ4n) is 2.31. The molecule has 0 unspecified atom stereocenters. The lowest BCUT2D eigenvalue weighted by Crippen LogP contribution is -2.16. The summed E-state index contributed by atoms with van der Waals surface area (Å²) in [4.78, 5) is 4.46. The van der Waals surface area contributed by atoms with E-state index in [1.807, 2.05) is 19.9 Å². The molecule has 1 N–H and O–H groups in total. The van der Waals surface area contributed by atoms with Crippen LogP contribution >= 0.6 is 15.9 Å². The number of nitrogens with zero attached hydrogens (tertiary/aromatic N) is 3. The maximum atomic E-state index is 12.6. The zero-order valence-corrected chi connectivity index (χ0v) is 15.5. The highest BCUT2D eigenvalue weighted by Gasteiger charge is 2.18. The number of benzene rings is 1. The highest BCUT2D eigenvalue weighted by molar-refractivity contribution is 9.10. The average molecular weight is 407 g/mol. The van der Waals surface area contributed by atoms with Gasteiger partial charge in [0.15, 0.2) is 5.82 Å². The van der Waals surface area contributed by atoms with E-state index in [-0.39, 0.29) is 4.90 Å². The van der Waals surface area contributed by atoms with Crippen molar-refractivity contribution in [3.63, 3.8) is 0 Å². The molecule has 24 heavy (non-hydrogen) atoms. The van der Waals surface area contributed by atoms with Crippen molar-refractivity contribution >= 4 is 31.6 Å². The molecule has 0 saturated heterocycles. The second kappa shape index (κ2) is 6.37. The number of pyridine rings is 1. The second-order valence-electron chi connectivity index (χ2n) is 5.27. The molecule has 0 spiro atoms. The van der Waals surface area contributed by atoms with E-state index in [0.29, 0.717) is 11.5 Å². The summed E-state index contributed by atoms with van der Waals surface area (Å²) in [7, 11) is -3.72. The normalized spacial score (nSPS) is 11.5. The molecule has 0 aliphatic carbocycles. The summed E-state index contributed by atoms with van der Waals surface area (Å²) in [5.74, 6) is 0.434. The highest BCUT2D eigenvalue weighted by atomic mass is 79.9. The van der Waals surface area contributed by atoms with Crippen LogP contribution in [0.1, 0.15) is 11.4 Å². The molecule has 0 amide bonds. The molecule has 124 valence electrons. The van der Waals surface area contributed by atoms with Gasteiger partial charge in [-0.1, -0.05) is 15.9 Å². The molecular weight excluding hydrogens is 392 g/mol. The lowest BCUT2D eigenvalue weighted by atomic mass is 10.3. The minimum absolute atomic E-state index is 0.175. The maximum absolute atomic E-state index is 12.6. The molecule has 0 radical (unpaired) electrons. The average Bonchev–Trinajstić information content (AvgIpc) is 2.86. The van der Waals surface area contributed by atoms with Crippen molar-refractivity contribution in [1.82, 2.24) is 14.8 Å². The quantitative estimate of drug-likeness (QED) is 0.719. The van der Waals surface area contributed by atoms with Crippen LogP contribution in [-0.4, -0.2) is 23.2 Å². The van der Waals surface area contributed by atoms with Gasteiger partial charge < -0.3 is 0 Å². The first kappa shape index (κ1) is 16.7. The summed E-state index contributed by atoms with van der Waals surface area (Å²) < 4.78 is 30.2. The molecule has 0 bridgehead atoms. The molecular formula is C16H15BrN4O2S. The molecule has 0 aliphatic heterocycles. The SMILES string of the molecule is Cc1cc(C)n(-c2ncccc2NS(=O)(=O)c2ccc(Br)cc2)n1. The van der Waals surface area contributed by atoms with E-state index in [2.05, 4.69) is 30.7 Å². The summed E-state index contributed by atoms with van der Waals surface area (Å²) in [6.45, 7) is 3.76. The fraction of sp³-hybridized carbons (Fsp3) is 0.125. The van der Waals surface area contributed by atoms with Crippen molar-refractivity contribution in [1.29, 1.82) is 0 Å². The Balaban J connectivity index is 2.02. The van der Waals surface area contributed by atoms with E-state index in [4.69, 9.17) is 0 Å². The standard InChI is InChI=1S/C16H15BrN4O2S/c1-11-10-12(2)21(19-11)16-15(4-3-9-18-16)20-24(22,23)14-7-5-13(17)6-8-14/h3-10,20H,1-2H3. The molecule has 0 saturated carbocycles. The molecule has 0 atom stereocenters. The molecule has 1 aromatic carbocycles. The Morgan fingerprint density at radius 1 is 1.12 bits per heavy atom. The topological polar surface area (TPSA) is 76.9 Å². The van der Waals surface area contributed by atoms with Crippen LogP contribution in [0.4, 0.5) is 5.69 Å². The number of sulfonamides is 1. The van der Waals surface area contributed by atoms with E-state index in [1.165, 1.54) is 12.1 Å². The predicted octanol–water partition coefficient (Wildman–Crippen LogP) is 3.45. The Hall–Kier alpha value is -2.19. The Morgan fingerprint density at radius 2 is 1.83 bits per heavy atom. The zero-order valence-electron chi connectivity index (χ0n) is 13.1. The summed E-state index contributed by atoms with van der Waals surface area (Å²) in [6, 6.07) is 11.7. The Morgan fingerprint density at radius 3 is 2.46 bits per heavy atom. The Kier molecular flexibility index (Phi) is 4.42. The van der Waals surface area contributed by atoms with Crippen LogP contribution in [0.25, 0.3) is 5.82 Å². The van der Waals surface area contributed by atoms with Crippen molar-refractivity contribution in [2.24, 2.45) is 0 Å². The van der Waals surface area contributed by atoms with Crippen LogP contribution in [0, 0.1) is 13.8 Å². The number of hydrogen-bond donors (Lipinski definition) is 1. The van der Waals surface area contributed by atoms with Crippen LogP contribution < -0.4 is 4.72 Å². The number of aromatic nitrogens is 3. The monoisotopic (exact) mass is 406 g/mol. The van der Waals surface area contributed by atoms with Gasteiger partial charge in [0.25, 0.3) is 10.0 Å². The number of aryl methyl sites for hydroxylation is 2. The third kappa shape index (κ3) is 3.34. The second-order valence-corrected chi connectivity index (χ2v) is 7.87. The smallest absolute Gasteiger partial charge is 0.262 e. The van der Waals surface area contributed by atoms with Crippen LogP contribution in [0.5, 0.6) is 0 Å². The van der Waals surface area contributed by atoms with Gasteiger partial charge in [-0.25, -0.2) is 18.1 Å². The van der Waals surface area contributed by atoms with Crippen LogP contribution in [0.3, 0.4) is 0 Å². The van der Waals surface area contributed by atoms with Gasteiger partial charge in [0.05, 0.1) is 16.3 Å². The molecule has 2 heterocycles. The van der Waals surface area contributed by atoms with Crippen molar-refractivity contribution in [3.8, 4) is 5.82 Å². The van der Waals surface area contributed by atoms with Crippen molar-refractivity contribution in [3.05, 3.63) is 64.5 Å². The van der Waals surface area contributed by atoms with Gasteiger partial charge in [-0.15, -0.1) is 0 Å². The zero-order chi connectivity index (χ0) is 17.3. The van der Waals surface area contributed by atoms with E-state index in [0.717, 1.165) is 15.9 Å². The molecule has 0 aliphatic rings. The summed E-state index contributed by atoms with van der Waals surface area (Å²) in [5.41, 5.74) is 2.07. The molecule has 2 aromatic heterocycles. The van der Waals surface area contributed by atoms with Crippen LogP contribution in [0.15, 0.2) is 58.0 Å². The van der Waals surface area contributed by atoms with E-state index in [1.54, 1.807) is 35.1 Å². The number of hydrogen-bond acceptors (Lipinski definition) is 4. The van der Waals surface area contributed by atoms with Gasteiger partial charge in [-0.2, -0.15) is 5.10 Å². The number of halogens is 1. The van der Waals surface area contributed by atoms with Gasteiger partial charge in [-0.3, -0.25) is 4.72 Å². The van der Waals surface area contributed by atoms with E-state index in [9.17, 15) is 8.42 Å². The number of nitrogens with one attached hydrogen (secondary N) is 1. The van der Waals surface area contributed by atoms with Gasteiger partial charge >= 0.3 is 0 Å². The predicted molar refractivity (Wildman–Crippen MR) is 95.8 cm³/mol. The van der Waals surface area contributed by atoms with Crippen molar-refractivity contribution in [2.75, 3.05) is 4.72 Å². The molecule has 3 aromatic rings. The first-order valence-corrected chi connectivity index (χ1v) is 9.41. The fourth-order valence-corrected chi connectivity index (χ4v) is 3.63. The van der Waals surface area contributed by atoms with Gasteiger partial charge in [0.2, 0.25) is 0 Å². The highest BCUT2D eigenvalue weighted by Crippen LogP contribution is 2.23. The lowest BCUT2D eigenvalue weighted by molar-refractivity contribution is 0.601. The van der Waals surface area contributed by atoms with Crippen LogP contribution in [0.2, 0.25) is 0 Å². The molecule has 8 heteroatoms. The Labute approximate surface area is 148 Å².